The van der Waals surface area contributed by atoms with Gasteiger partial charge >= 0.3 is 11.0 Å². The van der Waals surface area contributed by atoms with E-state index in [9.17, 15) is 60.0 Å². The van der Waals surface area contributed by atoms with Gasteiger partial charge < -0.3 is 17.2 Å². The monoisotopic (exact) mass is 736 g/mol. The summed E-state index contributed by atoms with van der Waals surface area (Å²) in [6.07, 6.45) is 11.9. The van der Waals surface area contributed by atoms with Crippen LogP contribution in [0.1, 0.15) is 65.2 Å². The fraction of sp³-hybridized carbons (Fsp3) is 1.00. The Balaban J connectivity index is 0. The van der Waals surface area contributed by atoms with Crippen LogP contribution in [0.15, 0.2) is 0 Å². The first-order chi connectivity index (χ1) is 19.4. The van der Waals surface area contributed by atoms with Crippen molar-refractivity contribution in [1.29, 1.82) is 0 Å². The zero-order chi connectivity index (χ0) is 35.3. The van der Waals surface area contributed by atoms with Gasteiger partial charge in [0.1, 0.15) is 0 Å². The number of nitrogens with zero attached hydrogens (tertiary/aromatic N) is 4. The summed E-state index contributed by atoms with van der Waals surface area (Å²) >= 11 is 0. The number of halogens is 6. The molecule has 2 saturated heterocycles. The Kier molecular flexibility index (Phi) is 18.5. The molecule has 0 bridgehead atoms. The van der Waals surface area contributed by atoms with E-state index in [4.69, 9.17) is 0 Å². The van der Waals surface area contributed by atoms with Crippen LogP contribution in [-0.2, 0) is 40.1 Å². The first-order valence-electron chi connectivity index (χ1n) is 13.6. The minimum absolute atomic E-state index is 0.246. The summed E-state index contributed by atoms with van der Waals surface area (Å²) in [5.41, 5.74) is -11.3. The fourth-order valence-electron chi connectivity index (χ4n) is 4.17. The van der Waals surface area contributed by atoms with E-state index in [0.29, 0.717) is 0 Å². The SMILES string of the molecule is CCCC[N+]1(C)CCCC1.CCCC[N+]1(C)CCCC1.CS(=O)(=O)[N-]S(=O)(=O)C(F)(F)F.CS(=O)(=O)[N-]S(=O)(=O)C(F)(F)F. The maximum Gasteiger partial charge on any atom is 0.480 e. The van der Waals surface area contributed by atoms with Crippen molar-refractivity contribution in [1.82, 2.24) is 0 Å². The van der Waals surface area contributed by atoms with Crippen LogP contribution in [0.5, 0.6) is 0 Å². The molecule has 12 nitrogen and oxygen atoms in total. The minimum atomic E-state index is -5.92. The number of hydrogen-bond donors (Lipinski definition) is 0. The first kappa shape index (κ1) is 45.3. The lowest BCUT2D eigenvalue weighted by atomic mass is 10.3. The zero-order valence-electron chi connectivity index (χ0n) is 25.9. The number of rotatable bonds is 10. The van der Waals surface area contributed by atoms with E-state index in [1.165, 1.54) is 99.6 Å². The summed E-state index contributed by atoms with van der Waals surface area (Å²) < 4.78 is 155. The van der Waals surface area contributed by atoms with Crippen LogP contribution in [0, 0.1) is 0 Å². The summed E-state index contributed by atoms with van der Waals surface area (Å²) in [5.74, 6) is 0. The predicted molar refractivity (Wildman–Crippen MR) is 156 cm³/mol. The third-order valence-corrected chi connectivity index (χ3v) is 11.4. The van der Waals surface area contributed by atoms with E-state index in [-0.39, 0.29) is 12.5 Å². The zero-order valence-corrected chi connectivity index (χ0v) is 29.1. The predicted octanol–water partition coefficient (Wildman–Crippen LogP) is 4.39. The molecule has 0 spiro atoms. The number of sulfonamides is 4. The van der Waals surface area contributed by atoms with Crippen molar-refractivity contribution in [3.63, 3.8) is 0 Å². The maximum absolute atomic E-state index is 11.4. The van der Waals surface area contributed by atoms with Gasteiger partial charge in [-0.15, -0.1) is 0 Å². The highest BCUT2D eigenvalue weighted by molar-refractivity contribution is 8.12. The third-order valence-electron chi connectivity index (χ3n) is 6.45. The van der Waals surface area contributed by atoms with Gasteiger partial charge in [-0.2, -0.15) is 26.3 Å². The molecule has 0 radical (unpaired) electrons. The number of unbranched alkanes of at least 4 members (excludes halogenated alkanes) is 2. The minimum Gasteiger partial charge on any atom is -0.429 e. The van der Waals surface area contributed by atoms with Crippen LogP contribution in [0.4, 0.5) is 26.3 Å². The molecule has 44 heavy (non-hydrogen) atoms. The second-order valence-corrected chi connectivity index (χ2v) is 18.1. The molecule has 2 aliphatic heterocycles. The van der Waals surface area contributed by atoms with Gasteiger partial charge in [-0.1, -0.05) is 26.7 Å². The van der Waals surface area contributed by atoms with E-state index in [1.807, 2.05) is 0 Å². The summed E-state index contributed by atoms with van der Waals surface area (Å²) in [6.45, 7) is 13.1. The van der Waals surface area contributed by atoms with Crippen LogP contribution in [0.25, 0.3) is 8.25 Å². The molecule has 2 heterocycles. The maximum atomic E-state index is 11.4. The second-order valence-electron chi connectivity index (χ2n) is 11.2. The van der Waals surface area contributed by atoms with Crippen molar-refractivity contribution >= 4 is 40.1 Å². The number of likely N-dealkylation sites (tertiary alicyclic amines) is 2. The van der Waals surface area contributed by atoms with Crippen molar-refractivity contribution in [2.75, 3.05) is 65.9 Å². The summed E-state index contributed by atoms with van der Waals surface area (Å²) in [5, 5.41) is 0. The van der Waals surface area contributed by atoms with Gasteiger partial charge in [-0.3, -0.25) is 0 Å². The molecule has 0 aromatic heterocycles. The molecule has 0 aromatic carbocycles. The molecular formula is C22H46F6N4O8S4. The van der Waals surface area contributed by atoms with E-state index in [2.05, 4.69) is 27.9 Å². The molecule has 2 fully saturated rings. The van der Waals surface area contributed by atoms with Crippen molar-refractivity contribution in [3.05, 3.63) is 8.25 Å². The van der Waals surface area contributed by atoms with E-state index in [1.54, 1.807) is 8.25 Å². The Labute approximate surface area is 258 Å². The number of hydrogen-bond acceptors (Lipinski definition) is 8. The highest BCUT2D eigenvalue weighted by atomic mass is 32.3. The summed E-state index contributed by atoms with van der Waals surface area (Å²) in [7, 11) is -16.1. The van der Waals surface area contributed by atoms with E-state index < -0.39 is 51.1 Å². The molecule has 0 aliphatic carbocycles. The molecule has 0 saturated carbocycles. The third kappa shape index (κ3) is 20.4. The Bertz CT molecular complexity index is 1180. The molecular weight excluding hydrogens is 691 g/mol. The molecule has 0 atom stereocenters. The van der Waals surface area contributed by atoms with Crippen molar-refractivity contribution < 1.29 is 69.0 Å². The van der Waals surface area contributed by atoms with Crippen LogP contribution in [0.2, 0.25) is 0 Å². The lowest BCUT2D eigenvalue weighted by Gasteiger charge is -2.28. The van der Waals surface area contributed by atoms with Crippen molar-refractivity contribution in [2.24, 2.45) is 0 Å². The van der Waals surface area contributed by atoms with Gasteiger partial charge in [-0.25, -0.2) is 33.7 Å². The van der Waals surface area contributed by atoms with Crippen molar-refractivity contribution in [2.45, 2.75) is 76.2 Å². The number of alkyl halides is 6. The second kappa shape index (κ2) is 17.9. The van der Waals surface area contributed by atoms with Gasteiger partial charge in [0.2, 0.25) is 0 Å². The van der Waals surface area contributed by atoms with Crippen molar-refractivity contribution in [3.8, 4) is 0 Å². The van der Waals surface area contributed by atoms with E-state index in [0.717, 1.165) is 0 Å². The molecule has 268 valence electrons. The number of quaternary nitrogens is 2. The first-order valence-corrected chi connectivity index (χ1v) is 20.2. The van der Waals surface area contributed by atoms with Crippen LogP contribution in [0.3, 0.4) is 0 Å². The quantitative estimate of drug-likeness (QED) is 0.235. The van der Waals surface area contributed by atoms with Crippen LogP contribution in [-0.4, -0.2) is 120 Å². The van der Waals surface area contributed by atoms with Gasteiger partial charge in [0.05, 0.1) is 73.4 Å². The average Bonchev–Trinajstić information content (AvgIpc) is 3.42. The highest BCUT2D eigenvalue weighted by Crippen LogP contribution is 2.30. The lowest BCUT2D eigenvalue weighted by molar-refractivity contribution is -0.897. The standard InChI is InChI=1S/2C9H20N.2C2H3F3NO4S2/c2*1-3-4-7-10(2)8-5-6-9-10;2*1-11(7,8)6-12(9,10)2(3,4)5/h2*3-9H2,1-2H3;2*1H3/q2*+1;2*-1. The van der Waals surface area contributed by atoms with Gasteiger partial charge in [0.25, 0.3) is 0 Å². The molecule has 0 unspecified atom stereocenters. The van der Waals surface area contributed by atoms with E-state index >= 15 is 0 Å². The topological polar surface area (TPSA) is 165 Å². The lowest BCUT2D eigenvalue weighted by Crippen LogP contribution is -2.41. The fourth-order valence-corrected chi connectivity index (χ4v) is 7.69. The molecule has 2 rings (SSSR count). The van der Waals surface area contributed by atoms with Crippen LogP contribution < -0.4 is 0 Å². The molecule has 0 aromatic rings. The Morgan fingerprint density at radius 1 is 0.545 bits per heavy atom. The van der Waals surface area contributed by atoms with Gasteiger partial charge in [0.15, 0.2) is 20.0 Å². The molecule has 22 heteroatoms. The highest BCUT2D eigenvalue weighted by Gasteiger charge is 2.40. The largest absolute Gasteiger partial charge is 0.480 e. The molecule has 2 aliphatic rings. The summed E-state index contributed by atoms with van der Waals surface area (Å²) in [4.78, 5) is 0. The van der Waals surface area contributed by atoms with Crippen LogP contribution >= 0.6 is 0 Å². The Morgan fingerprint density at radius 2 is 0.773 bits per heavy atom. The molecule has 0 N–H and O–H groups in total. The average molecular weight is 737 g/mol. The van der Waals surface area contributed by atoms with Gasteiger partial charge in [0, 0.05) is 38.2 Å². The summed E-state index contributed by atoms with van der Waals surface area (Å²) in [6, 6.07) is 0. The van der Waals surface area contributed by atoms with Gasteiger partial charge in [-0.05, 0) is 12.8 Å². The molecule has 0 amide bonds. The Morgan fingerprint density at radius 3 is 0.909 bits per heavy atom. The normalized spacial score (nSPS) is 18.6. The Hall–Kier alpha value is -0.780. The smallest absolute Gasteiger partial charge is 0.429 e.